The molecule has 0 aromatic carbocycles. The predicted octanol–water partition coefficient (Wildman–Crippen LogP) is 2.63. The molecule has 8 heteroatoms. The molecule has 0 spiro atoms. The van der Waals surface area contributed by atoms with Crippen LogP contribution in [0.15, 0.2) is 18.5 Å². The van der Waals surface area contributed by atoms with Crippen LogP contribution in [0.3, 0.4) is 0 Å². The van der Waals surface area contributed by atoms with Crippen molar-refractivity contribution in [1.82, 2.24) is 4.31 Å². The molecule has 2 heterocycles. The van der Waals surface area contributed by atoms with E-state index in [9.17, 15) is 8.42 Å². The molecule has 0 amide bonds. The Bertz CT molecular complexity index is 530. The Kier molecular flexibility index (Phi) is 4.88. The molecule has 1 saturated heterocycles. The van der Waals surface area contributed by atoms with Crippen molar-refractivity contribution in [2.45, 2.75) is 17.7 Å². The molecule has 0 radical (unpaired) electrons. The van der Waals surface area contributed by atoms with E-state index in [2.05, 4.69) is 31.9 Å². The summed E-state index contributed by atoms with van der Waals surface area (Å²) < 4.78 is 28.0. The van der Waals surface area contributed by atoms with Gasteiger partial charge in [0, 0.05) is 13.1 Å². The Balaban J connectivity index is 2.28. The van der Waals surface area contributed by atoms with Crippen molar-refractivity contribution in [2.75, 3.05) is 19.6 Å². The third-order valence-corrected chi connectivity index (χ3v) is 7.68. The summed E-state index contributed by atoms with van der Waals surface area (Å²) in [5, 5.41) is 0. The monoisotopic (exact) mass is 416 g/mol. The number of halogens is 2. The zero-order valence-electron chi connectivity index (χ0n) is 9.60. The molecule has 4 nitrogen and oxygen atoms in total. The lowest BCUT2D eigenvalue weighted by Gasteiger charge is -2.31. The van der Waals surface area contributed by atoms with Crippen molar-refractivity contribution in [3.63, 3.8) is 0 Å². The van der Waals surface area contributed by atoms with Gasteiger partial charge in [-0.15, -0.1) is 11.3 Å². The summed E-state index contributed by atoms with van der Waals surface area (Å²) in [4.78, 5) is 0.344. The maximum Gasteiger partial charge on any atom is 0.245 e. The lowest BCUT2D eigenvalue weighted by molar-refractivity contribution is 0.271. The number of hydrogen-bond acceptors (Lipinski definition) is 4. The van der Waals surface area contributed by atoms with Crippen LogP contribution >= 0.6 is 43.2 Å². The molecule has 0 saturated carbocycles. The van der Waals surface area contributed by atoms with Gasteiger partial charge in [0.25, 0.3) is 0 Å². The first-order valence-electron chi connectivity index (χ1n) is 5.60. The number of piperidine rings is 1. The number of rotatable bonds is 3. The Morgan fingerprint density at radius 1 is 1.50 bits per heavy atom. The highest BCUT2D eigenvalue weighted by Gasteiger charge is 2.32. The van der Waals surface area contributed by atoms with Gasteiger partial charge in [-0.2, -0.15) is 4.31 Å². The van der Waals surface area contributed by atoms with Gasteiger partial charge in [-0.25, -0.2) is 8.42 Å². The highest BCUT2D eigenvalue weighted by Crippen LogP contribution is 2.37. The molecule has 102 valence electrons. The Labute approximate surface area is 128 Å². The van der Waals surface area contributed by atoms with E-state index in [1.807, 2.05) is 0 Å². The van der Waals surface area contributed by atoms with Crippen LogP contribution in [0.25, 0.3) is 0 Å². The van der Waals surface area contributed by atoms with E-state index in [1.54, 1.807) is 10.4 Å². The first-order chi connectivity index (χ1) is 8.45. The van der Waals surface area contributed by atoms with E-state index in [0.717, 1.165) is 16.6 Å². The van der Waals surface area contributed by atoms with Crippen LogP contribution in [-0.4, -0.2) is 32.4 Å². The minimum atomic E-state index is -3.40. The number of sulfonamides is 1. The number of nitrogens with zero attached hydrogens (tertiary/aromatic N) is 1. The maximum atomic E-state index is 12.5. The van der Waals surface area contributed by atoms with E-state index in [4.69, 9.17) is 5.73 Å². The number of thiophene rings is 1. The fourth-order valence-corrected chi connectivity index (χ4v) is 7.39. The average Bonchev–Trinajstić information content (AvgIpc) is 2.69. The van der Waals surface area contributed by atoms with Crippen molar-refractivity contribution < 1.29 is 8.42 Å². The molecule has 1 fully saturated rings. The Morgan fingerprint density at radius 3 is 2.78 bits per heavy atom. The van der Waals surface area contributed by atoms with Gasteiger partial charge in [-0.1, -0.05) is 0 Å². The third-order valence-electron chi connectivity index (χ3n) is 3.06. The lowest BCUT2D eigenvalue weighted by Crippen LogP contribution is -2.41. The minimum Gasteiger partial charge on any atom is -0.330 e. The van der Waals surface area contributed by atoms with E-state index < -0.39 is 10.0 Å². The summed E-state index contributed by atoms with van der Waals surface area (Å²) in [6, 6.07) is 1.65. The SMILES string of the molecule is NCC1CCCN(S(=O)(=O)c2cc(Br)sc2Br)C1. The van der Waals surface area contributed by atoms with Crippen molar-refractivity contribution >= 4 is 53.2 Å². The summed E-state index contributed by atoms with van der Waals surface area (Å²) >= 11 is 7.99. The number of hydrogen-bond donors (Lipinski definition) is 1. The fourth-order valence-electron chi connectivity index (χ4n) is 2.08. The summed E-state index contributed by atoms with van der Waals surface area (Å²) in [5.74, 6) is 0.273. The summed E-state index contributed by atoms with van der Waals surface area (Å²) in [6.45, 7) is 1.65. The number of nitrogens with two attached hydrogens (primary N) is 1. The summed E-state index contributed by atoms with van der Waals surface area (Å²) in [7, 11) is -3.40. The molecule has 1 unspecified atom stereocenters. The smallest absolute Gasteiger partial charge is 0.245 e. The molecule has 1 atom stereocenters. The molecule has 0 aliphatic carbocycles. The Hall–Kier alpha value is 0.530. The van der Waals surface area contributed by atoms with Crippen LogP contribution in [-0.2, 0) is 10.0 Å². The standard InChI is InChI=1S/C10H14Br2N2O2S2/c11-9-4-8(10(12)17-9)18(15,16)14-3-1-2-7(5-13)6-14/h4,7H,1-3,5-6,13H2. The largest absolute Gasteiger partial charge is 0.330 e. The molecule has 18 heavy (non-hydrogen) atoms. The molecule has 2 N–H and O–H groups in total. The summed E-state index contributed by atoms with van der Waals surface area (Å²) in [5.41, 5.74) is 5.65. The van der Waals surface area contributed by atoms with Gasteiger partial charge < -0.3 is 5.73 Å². The average molecular weight is 418 g/mol. The highest BCUT2D eigenvalue weighted by atomic mass is 79.9. The quantitative estimate of drug-likeness (QED) is 0.821. The van der Waals surface area contributed by atoms with Crippen molar-refractivity contribution in [3.8, 4) is 0 Å². The van der Waals surface area contributed by atoms with Crippen LogP contribution in [0, 0.1) is 5.92 Å². The molecule has 1 aliphatic heterocycles. The lowest BCUT2D eigenvalue weighted by atomic mass is 10.0. The predicted molar refractivity (Wildman–Crippen MR) is 80.3 cm³/mol. The maximum absolute atomic E-state index is 12.5. The van der Waals surface area contributed by atoms with Crippen molar-refractivity contribution in [3.05, 3.63) is 13.6 Å². The normalized spacial score (nSPS) is 22.3. The van der Waals surface area contributed by atoms with Crippen molar-refractivity contribution in [2.24, 2.45) is 11.7 Å². The summed E-state index contributed by atoms with van der Waals surface area (Å²) in [6.07, 6.45) is 1.89. The molecule has 1 aliphatic rings. The Morgan fingerprint density at radius 2 is 2.22 bits per heavy atom. The second-order valence-electron chi connectivity index (χ2n) is 4.30. The zero-order chi connectivity index (χ0) is 13.3. The van der Waals surface area contributed by atoms with Gasteiger partial charge in [-0.3, -0.25) is 0 Å². The van der Waals surface area contributed by atoms with Crippen LogP contribution in [0.4, 0.5) is 0 Å². The van der Waals surface area contributed by atoms with Gasteiger partial charge >= 0.3 is 0 Å². The van der Waals surface area contributed by atoms with Crippen LogP contribution in [0.5, 0.6) is 0 Å². The molecular weight excluding hydrogens is 404 g/mol. The van der Waals surface area contributed by atoms with E-state index >= 15 is 0 Å². The molecule has 2 rings (SSSR count). The zero-order valence-corrected chi connectivity index (χ0v) is 14.4. The van der Waals surface area contributed by atoms with Crippen molar-refractivity contribution in [1.29, 1.82) is 0 Å². The van der Waals surface area contributed by atoms with Crippen LogP contribution in [0.2, 0.25) is 0 Å². The molecule has 1 aromatic heterocycles. The molecule has 0 bridgehead atoms. The van der Waals surface area contributed by atoms with Gasteiger partial charge in [0.2, 0.25) is 10.0 Å². The fraction of sp³-hybridized carbons (Fsp3) is 0.600. The van der Waals surface area contributed by atoms with Gasteiger partial charge in [-0.05, 0) is 63.2 Å². The first-order valence-corrected chi connectivity index (χ1v) is 9.44. The van der Waals surface area contributed by atoms with Gasteiger partial charge in [0.1, 0.15) is 4.90 Å². The molecule has 1 aromatic rings. The van der Waals surface area contributed by atoms with E-state index in [0.29, 0.717) is 28.3 Å². The topological polar surface area (TPSA) is 63.4 Å². The minimum absolute atomic E-state index is 0.273. The van der Waals surface area contributed by atoms with E-state index in [1.165, 1.54) is 11.3 Å². The van der Waals surface area contributed by atoms with E-state index in [-0.39, 0.29) is 5.92 Å². The van der Waals surface area contributed by atoms with Gasteiger partial charge in [0.05, 0.1) is 7.57 Å². The molecular formula is C10H14Br2N2O2S2. The van der Waals surface area contributed by atoms with Gasteiger partial charge in [0.15, 0.2) is 0 Å². The first kappa shape index (κ1) is 14.9. The third kappa shape index (κ3) is 2.99. The second kappa shape index (κ2) is 5.88. The van der Waals surface area contributed by atoms with Crippen LogP contribution < -0.4 is 5.73 Å². The second-order valence-corrected chi connectivity index (χ2v) is 9.95. The van der Waals surface area contributed by atoms with Crippen LogP contribution in [0.1, 0.15) is 12.8 Å². The highest BCUT2D eigenvalue weighted by molar-refractivity contribution is 9.12.